The zero-order valence-corrected chi connectivity index (χ0v) is 10.6. The van der Waals surface area contributed by atoms with Gasteiger partial charge in [-0.15, -0.1) is 12.4 Å². The van der Waals surface area contributed by atoms with Gasteiger partial charge in [-0.2, -0.15) is 0 Å². The van der Waals surface area contributed by atoms with E-state index in [9.17, 15) is 4.79 Å². The number of rotatable bonds is 3. The number of nitrogens with two attached hydrogens (primary N) is 1. The van der Waals surface area contributed by atoms with Gasteiger partial charge >= 0.3 is 0 Å². The van der Waals surface area contributed by atoms with Gasteiger partial charge in [0.05, 0.1) is 6.04 Å². The average Bonchev–Trinajstić information content (AvgIpc) is 1.81. The summed E-state index contributed by atoms with van der Waals surface area (Å²) in [7, 11) is 0. The Labute approximate surface area is 93.2 Å². The monoisotopic (exact) mass is 222 g/mol. The summed E-state index contributed by atoms with van der Waals surface area (Å²) < 4.78 is 0. The molecule has 0 aliphatic heterocycles. The van der Waals surface area contributed by atoms with Crippen LogP contribution < -0.4 is 11.1 Å². The van der Waals surface area contributed by atoms with Crippen molar-refractivity contribution in [3.8, 4) is 0 Å². The predicted molar refractivity (Wildman–Crippen MR) is 62.6 cm³/mol. The van der Waals surface area contributed by atoms with Gasteiger partial charge in [-0.3, -0.25) is 4.79 Å². The first-order chi connectivity index (χ1) is 5.72. The van der Waals surface area contributed by atoms with Crippen LogP contribution >= 0.6 is 12.4 Å². The third-order valence-electron chi connectivity index (χ3n) is 1.56. The topological polar surface area (TPSA) is 55.1 Å². The molecule has 0 aromatic carbocycles. The van der Waals surface area contributed by atoms with Crippen molar-refractivity contribution in [2.45, 2.75) is 52.6 Å². The van der Waals surface area contributed by atoms with Gasteiger partial charge in [-0.1, -0.05) is 13.8 Å². The van der Waals surface area contributed by atoms with Crippen molar-refractivity contribution in [2.75, 3.05) is 0 Å². The summed E-state index contributed by atoms with van der Waals surface area (Å²) in [5.41, 5.74) is 5.52. The predicted octanol–water partition coefficient (Wildman–Crippen LogP) is 1.70. The van der Waals surface area contributed by atoms with Crippen molar-refractivity contribution in [2.24, 2.45) is 11.7 Å². The molecule has 3 nitrogen and oxygen atoms in total. The molecular formula is C10H23ClN2O. The molecule has 0 aromatic heterocycles. The third kappa shape index (κ3) is 8.32. The molecule has 0 radical (unpaired) electrons. The van der Waals surface area contributed by atoms with Gasteiger partial charge in [0.25, 0.3) is 0 Å². The number of hydrogen-bond donors (Lipinski definition) is 2. The second kappa shape index (κ2) is 6.25. The Morgan fingerprint density at radius 2 is 1.79 bits per heavy atom. The van der Waals surface area contributed by atoms with E-state index in [2.05, 4.69) is 19.2 Å². The van der Waals surface area contributed by atoms with Crippen LogP contribution in [0.2, 0.25) is 0 Å². The van der Waals surface area contributed by atoms with E-state index in [0.717, 1.165) is 6.42 Å². The molecule has 86 valence electrons. The van der Waals surface area contributed by atoms with Crippen LogP contribution in [0, 0.1) is 5.92 Å². The second-order valence-corrected chi connectivity index (χ2v) is 4.98. The van der Waals surface area contributed by atoms with E-state index in [1.165, 1.54) is 0 Å². The zero-order valence-electron chi connectivity index (χ0n) is 9.76. The normalized spacial score (nSPS) is 13.4. The second-order valence-electron chi connectivity index (χ2n) is 4.98. The maximum Gasteiger partial charge on any atom is 0.237 e. The minimum atomic E-state index is -0.376. The fourth-order valence-corrected chi connectivity index (χ4v) is 1.08. The quantitative estimate of drug-likeness (QED) is 0.764. The summed E-state index contributed by atoms with van der Waals surface area (Å²) in [6, 6.07) is -0.376. The Bertz CT molecular complexity index is 175. The summed E-state index contributed by atoms with van der Waals surface area (Å²) in [6.45, 7) is 9.97. The van der Waals surface area contributed by atoms with Crippen molar-refractivity contribution in [3.05, 3.63) is 0 Å². The molecular weight excluding hydrogens is 200 g/mol. The number of nitrogens with one attached hydrogen (secondary N) is 1. The molecule has 14 heavy (non-hydrogen) atoms. The summed E-state index contributed by atoms with van der Waals surface area (Å²) in [6.07, 6.45) is 0.738. The lowest BCUT2D eigenvalue weighted by molar-refractivity contribution is -0.124. The van der Waals surface area contributed by atoms with E-state index in [1.54, 1.807) is 0 Å². The van der Waals surface area contributed by atoms with Gasteiger partial charge in [0.1, 0.15) is 0 Å². The van der Waals surface area contributed by atoms with E-state index < -0.39 is 0 Å². The smallest absolute Gasteiger partial charge is 0.237 e. The van der Waals surface area contributed by atoms with Gasteiger partial charge in [0.15, 0.2) is 0 Å². The van der Waals surface area contributed by atoms with E-state index in [0.29, 0.717) is 5.92 Å². The van der Waals surface area contributed by atoms with E-state index in [4.69, 9.17) is 5.73 Å². The summed E-state index contributed by atoms with van der Waals surface area (Å²) >= 11 is 0. The van der Waals surface area contributed by atoms with Crippen molar-refractivity contribution in [1.29, 1.82) is 0 Å². The highest BCUT2D eigenvalue weighted by atomic mass is 35.5. The fraction of sp³-hybridized carbons (Fsp3) is 0.900. The van der Waals surface area contributed by atoms with Gasteiger partial charge in [0.2, 0.25) is 5.91 Å². The standard InChI is InChI=1S/C10H22N2O.ClH/c1-7(2)6-8(11)9(13)12-10(3,4)5;/h7-8H,6,11H2,1-5H3,(H,12,13);1H/t8-;/m1./s1. The number of hydrogen-bond acceptors (Lipinski definition) is 2. The van der Waals surface area contributed by atoms with Crippen LogP contribution in [0.3, 0.4) is 0 Å². The van der Waals surface area contributed by atoms with Gasteiger partial charge < -0.3 is 11.1 Å². The van der Waals surface area contributed by atoms with Crippen LogP contribution in [0.4, 0.5) is 0 Å². The Hall–Kier alpha value is -0.280. The number of halogens is 1. The van der Waals surface area contributed by atoms with Crippen molar-refractivity contribution >= 4 is 18.3 Å². The van der Waals surface area contributed by atoms with Crippen LogP contribution in [-0.2, 0) is 4.79 Å². The molecule has 0 saturated carbocycles. The fourth-order valence-electron chi connectivity index (χ4n) is 1.08. The van der Waals surface area contributed by atoms with Crippen LogP contribution in [0.15, 0.2) is 0 Å². The van der Waals surface area contributed by atoms with Crippen LogP contribution in [0.1, 0.15) is 41.0 Å². The molecule has 0 bridgehead atoms. The third-order valence-corrected chi connectivity index (χ3v) is 1.56. The molecule has 3 N–H and O–H groups in total. The van der Waals surface area contributed by atoms with Crippen LogP contribution in [0.25, 0.3) is 0 Å². The minimum Gasteiger partial charge on any atom is -0.350 e. The summed E-state index contributed by atoms with van der Waals surface area (Å²) in [4.78, 5) is 11.5. The summed E-state index contributed by atoms with van der Waals surface area (Å²) in [5, 5.41) is 2.86. The molecule has 0 heterocycles. The molecule has 1 amide bonds. The van der Waals surface area contributed by atoms with Crippen molar-refractivity contribution < 1.29 is 4.79 Å². The molecule has 0 rings (SSSR count). The van der Waals surface area contributed by atoms with Crippen molar-refractivity contribution in [3.63, 3.8) is 0 Å². The molecule has 0 unspecified atom stereocenters. The molecule has 0 fully saturated rings. The maximum atomic E-state index is 11.5. The first-order valence-corrected chi connectivity index (χ1v) is 4.80. The highest BCUT2D eigenvalue weighted by Gasteiger charge is 2.19. The van der Waals surface area contributed by atoms with Gasteiger partial charge in [-0.25, -0.2) is 0 Å². The first kappa shape index (κ1) is 16.2. The Morgan fingerprint density at radius 3 is 2.07 bits per heavy atom. The number of amides is 1. The molecule has 0 aliphatic rings. The van der Waals surface area contributed by atoms with Gasteiger partial charge in [-0.05, 0) is 33.1 Å². The van der Waals surface area contributed by atoms with E-state index >= 15 is 0 Å². The van der Waals surface area contributed by atoms with Crippen LogP contribution in [0.5, 0.6) is 0 Å². The molecule has 0 spiro atoms. The van der Waals surface area contributed by atoms with E-state index in [1.807, 2.05) is 20.8 Å². The van der Waals surface area contributed by atoms with E-state index in [-0.39, 0.29) is 29.9 Å². The highest BCUT2D eigenvalue weighted by Crippen LogP contribution is 2.05. The van der Waals surface area contributed by atoms with Crippen molar-refractivity contribution in [1.82, 2.24) is 5.32 Å². The molecule has 4 heteroatoms. The molecule has 0 aliphatic carbocycles. The molecule has 0 saturated heterocycles. The summed E-state index contributed by atoms with van der Waals surface area (Å²) in [5.74, 6) is 0.405. The maximum absolute atomic E-state index is 11.5. The Balaban J connectivity index is 0. The highest BCUT2D eigenvalue weighted by molar-refractivity contribution is 5.85. The van der Waals surface area contributed by atoms with Crippen LogP contribution in [-0.4, -0.2) is 17.5 Å². The molecule has 0 aromatic rings. The number of carbonyl (C=O) groups excluding carboxylic acids is 1. The minimum absolute atomic E-state index is 0. The largest absolute Gasteiger partial charge is 0.350 e. The lowest BCUT2D eigenvalue weighted by atomic mass is 10.0. The van der Waals surface area contributed by atoms with Gasteiger partial charge in [0, 0.05) is 5.54 Å². The SMILES string of the molecule is CC(C)C[C@@H](N)C(=O)NC(C)(C)C.Cl. The number of carbonyl (C=O) groups is 1. The average molecular weight is 223 g/mol. The zero-order chi connectivity index (χ0) is 10.6. The lowest BCUT2D eigenvalue weighted by Crippen LogP contribution is -2.49. The lowest BCUT2D eigenvalue weighted by Gasteiger charge is -2.23. The first-order valence-electron chi connectivity index (χ1n) is 4.80. The molecule has 1 atom stereocenters. The Kier molecular flexibility index (Phi) is 7.21. The Morgan fingerprint density at radius 1 is 1.36 bits per heavy atom.